The Kier molecular flexibility index (Phi) is 7.54. The zero-order chi connectivity index (χ0) is 16.8. The summed E-state index contributed by atoms with van der Waals surface area (Å²) in [6.07, 6.45) is 6.46. The van der Waals surface area contributed by atoms with Crippen molar-refractivity contribution >= 4 is 18.3 Å². The van der Waals surface area contributed by atoms with Gasteiger partial charge in [-0.05, 0) is 57.7 Å². The number of rotatable bonds is 6. The van der Waals surface area contributed by atoms with Crippen LogP contribution in [0.4, 0.5) is 0 Å². The van der Waals surface area contributed by atoms with E-state index < -0.39 is 5.60 Å². The van der Waals surface area contributed by atoms with Crippen LogP contribution in [-0.4, -0.2) is 37.8 Å². The van der Waals surface area contributed by atoms with Gasteiger partial charge < -0.3 is 20.1 Å². The number of carbonyl (C=O) groups is 1. The minimum absolute atomic E-state index is 0. The molecule has 5 nitrogen and oxygen atoms in total. The summed E-state index contributed by atoms with van der Waals surface area (Å²) in [5, 5.41) is 6.33. The monoisotopic (exact) mass is 368 g/mol. The molecule has 2 N–H and O–H groups in total. The standard InChI is InChI=1S/C19H28N2O3.ClH/c1-23-19(10-12-20-13-11-19)18(22)21-14-15-6-2-5-9-17(15)24-16-7-3-4-8-16;/h2,5-6,9,16,20H,3-4,7-8,10-14H2,1H3,(H,21,22);1H. The molecule has 1 aliphatic heterocycles. The van der Waals surface area contributed by atoms with Crippen molar-refractivity contribution in [1.29, 1.82) is 0 Å². The molecular formula is C19H29ClN2O3. The van der Waals surface area contributed by atoms with Crippen LogP contribution in [0.1, 0.15) is 44.1 Å². The highest BCUT2D eigenvalue weighted by Gasteiger charge is 2.39. The molecule has 1 saturated carbocycles. The maximum atomic E-state index is 12.7. The van der Waals surface area contributed by atoms with Gasteiger partial charge in [0.25, 0.3) is 5.91 Å². The summed E-state index contributed by atoms with van der Waals surface area (Å²) < 4.78 is 11.7. The van der Waals surface area contributed by atoms with E-state index in [1.807, 2.05) is 24.3 Å². The van der Waals surface area contributed by atoms with Crippen LogP contribution in [0.3, 0.4) is 0 Å². The molecule has 0 bridgehead atoms. The van der Waals surface area contributed by atoms with E-state index in [2.05, 4.69) is 10.6 Å². The number of piperidine rings is 1. The van der Waals surface area contributed by atoms with Crippen LogP contribution in [0.5, 0.6) is 5.75 Å². The predicted octanol–water partition coefficient (Wildman–Crippen LogP) is 2.81. The second-order valence-corrected chi connectivity index (χ2v) is 6.76. The number of carbonyl (C=O) groups excluding carboxylic acids is 1. The first-order valence-corrected chi connectivity index (χ1v) is 9.02. The van der Waals surface area contributed by atoms with Gasteiger partial charge in [-0.1, -0.05) is 18.2 Å². The van der Waals surface area contributed by atoms with E-state index >= 15 is 0 Å². The second-order valence-electron chi connectivity index (χ2n) is 6.76. The number of hydrogen-bond acceptors (Lipinski definition) is 4. The van der Waals surface area contributed by atoms with Crippen molar-refractivity contribution in [2.45, 2.75) is 56.8 Å². The van der Waals surface area contributed by atoms with E-state index in [1.54, 1.807) is 7.11 Å². The van der Waals surface area contributed by atoms with Crippen LogP contribution >= 0.6 is 12.4 Å². The first kappa shape index (κ1) is 20.0. The number of halogens is 1. The molecule has 0 radical (unpaired) electrons. The van der Waals surface area contributed by atoms with E-state index in [9.17, 15) is 4.79 Å². The number of ether oxygens (including phenoxy) is 2. The van der Waals surface area contributed by atoms with E-state index in [-0.39, 0.29) is 18.3 Å². The van der Waals surface area contributed by atoms with Crippen LogP contribution in [0.2, 0.25) is 0 Å². The first-order chi connectivity index (χ1) is 11.7. The van der Waals surface area contributed by atoms with Gasteiger partial charge in [-0.15, -0.1) is 12.4 Å². The van der Waals surface area contributed by atoms with Gasteiger partial charge in [0, 0.05) is 19.2 Å². The average molecular weight is 369 g/mol. The van der Waals surface area contributed by atoms with E-state index in [1.165, 1.54) is 12.8 Å². The molecule has 25 heavy (non-hydrogen) atoms. The summed E-state index contributed by atoms with van der Waals surface area (Å²) in [5.74, 6) is 0.864. The fraction of sp³-hybridized carbons (Fsp3) is 0.632. The number of amides is 1. The van der Waals surface area contributed by atoms with Crippen molar-refractivity contribution in [2.75, 3.05) is 20.2 Å². The maximum absolute atomic E-state index is 12.7. The van der Waals surface area contributed by atoms with Gasteiger partial charge in [-0.2, -0.15) is 0 Å². The summed E-state index contributed by atoms with van der Waals surface area (Å²) in [6.45, 7) is 2.09. The molecule has 0 unspecified atom stereocenters. The highest BCUT2D eigenvalue weighted by molar-refractivity contribution is 5.85. The van der Waals surface area contributed by atoms with Gasteiger partial charge in [0.2, 0.25) is 0 Å². The molecule has 1 heterocycles. The molecule has 0 spiro atoms. The summed E-state index contributed by atoms with van der Waals surface area (Å²) in [6, 6.07) is 7.99. The minimum Gasteiger partial charge on any atom is -0.490 e. The zero-order valence-corrected chi connectivity index (χ0v) is 15.7. The lowest BCUT2D eigenvalue weighted by Crippen LogP contribution is -2.53. The Morgan fingerprint density at radius 2 is 1.92 bits per heavy atom. The minimum atomic E-state index is -0.702. The molecule has 140 valence electrons. The van der Waals surface area contributed by atoms with Gasteiger partial charge in [-0.25, -0.2) is 0 Å². The van der Waals surface area contributed by atoms with Crippen LogP contribution in [0.15, 0.2) is 24.3 Å². The Labute approximate surface area is 156 Å². The topological polar surface area (TPSA) is 59.6 Å². The number of methoxy groups -OCH3 is 1. The van der Waals surface area contributed by atoms with E-state index in [0.717, 1.165) is 37.2 Å². The van der Waals surface area contributed by atoms with E-state index in [0.29, 0.717) is 25.5 Å². The van der Waals surface area contributed by atoms with Gasteiger partial charge in [-0.3, -0.25) is 4.79 Å². The molecule has 0 aromatic heterocycles. The summed E-state index contributed by atoms with van der Waals surface area (Å²) in [4.78, 5) is 12.7. The van der Waals surface area contributed by atoms with Crippen molar-refractivity contribution in [3.8, 4) is 5.75 Å². The van der Waals surface area contributed by atoms with Crippen LogP contribution in [0, 0.1) is 0 Å². The lowest BCUT2D eigenvalue weighted by molar-refractivity contribution is -0.146. The van der Waals surface area contributed by atoms with E-state index in [4.69, 9.17) is 9.47 Å². The Balaban J connectivity index is 0.00000225. The van der Waals surface area contributed by atoms with Crippen molar-refractivity contribution in [3.63, 3.8) is 0 Å². The molecule has 2 fully saturated rings. The molecule has 1 aromatic carbocycles. The Hall–Kier alpha value is -1.30. The van der Waals surface area contributed by atoms with Gasteiger partial charge in [0.15, 0.2) is 0 Å². The lowest BCUT2D eigenvalue weighted by Gasteiger charge is -2.34. The third-order valence-electron chi connectivity index (χ3n) is 5.22. The molecule has 1 amide bonds. The third kappa shape index (κ3) is 4.87. The molecule has 1 aliphatic carbocycles. The molecule has 0 atom stereocenters. The third-order valence-corrected chi connectivity index (χ3v) is 5.22. The summed E-state index contributed by atoms with van der Waals surface area (Å²) in [7, 11) is 1.63. The number of hydrogen-bond donors (Lipinski definition) is 2. The zero-order valence-electron chi connectivity index (χ0n) is 14.9. The fourth-order valence-corrected chi connectivity index (χ4v) is 3.64. The number of nitrogens with one attached hydrogen (secondary N) is 2. The fourth-order valence-electron chi connectivity index (χ4n) is 3.64. The van der Waals surface area contributed by atoms with Crippen LogP contribution in [-0.2, 0) is 16.1 Å². The van der Waals surface area contributed by atoms with Crippen LogP contribution in [0.25, 0.3) is 0 Å². The molecule has 6 heteroatoms. The number of benzene rings is 1. The normalized spacial score (nSPS) is 19.9. The Morgan fingerprint density at radius 3 is 2.60 bits per heavy atom. The van der Waals surface area contributed by atoms with Crippen molar-refractivity contribution < 1.29 is 14.3 Å². The van der Waals surface area contributed by atoms with Crippen molar-refractivity contribution in [3.05, 3.63) is 29.8 Å². The molecule has 1 saturated heterocycles. The van der Waals surface area contributed by atoms with Gasteiger partial charge >= 0.3 is 0 Å². The maximum Gasteiger partial charge on any atom is 0.252 e. The summed E-state index contributed by atoms with van der Waals surface area (Å²) >= 11 is 0. The molecule has 1 aromatic rings. The molecular weight excluding hydrogens is 340 g/mol. The average Bonchev–Trinajstić information content (AvgIpc) is 3.14. The van der Waals surface area contributed by atoms with Crippen molar-refractivity contribution in [1.82, 2.24) is 10.6 Å². The Bertz CT molecular complexity index is 555. The SMILES string of the molecule is COC1(C(=O)NCc2ccccc2OC2CCCC2)CCNCC1.Cl. The smallest absolute Gasteiger partial charge is 0.252 e. The van der Waals surface area contributed by atoms with Crippen molar-refractivity contribution in [2.24, 2.45) is 0 Å². The first-order valence-electron chi connectivity index (χ1n) is 9.02. The molecule has 2 aliphatic rings. The summed E-state index contributed by atoms with van der Waals surface area (Å²) in [5.41, 5.74) is 0.324. The van der Waals surface area contributed by atoms with Crippen LogP contribution < -0.4 is 15.4 Å². The molecule has 3 rings (SSSR count). The highest BCUT2D eigenvalue weighted by atomic mass is 35.5. The Morgan fingerprint density at radius 1 is 1.24 bits per heavy atom. The van der Waals surface area contributed by atoms with Gasteiger partial charge in [0.05, 0.1) is 6.10 Å². The largest absolute Gasteiger partial charge is 0.490 e. The predicted molar refractivity (Wildman–Crippen MR) is 100 cm³/mol. The quantitative estimate of drug-likeness (QED) is 0.810. The highest BCUT2D eigenvalue weighted by Crippen LogP contribution is 2.27. The number of para-hydroxylation sites is 1. The second kappa shape index (κ2) is 9.41. The lowest BCUT2D eigenvalue weighted by atomic mass is 9.91. The van der Waals surface area contributed by atoms with Gasteiger partial charge in [0.1, 0.15) is 11.4 Å².